The Morgan fingerprint density at radius 2 is 2.14 bits per heavy atom. The Labute approximate surface area is 123 Å². The molecule has 7 heteroatoms. The Bertz CT molecular complexity index is 581. The van der Waals surface area contributed by atoms with Crippen LogP contribution in [0, 0.1) is 12.3 Å². The van der Waals surface area contributed by atoms with E-state index < -0.39 is 17.3 Å². The van der Waals surface area contributed by atoms with Gasteiger partial charge in [-0.1, -0.05) is 13.3 Å². The number of carbonyl (C=O) groups is 2. The van der Waals surface area contributed by atoms with Gasteiger partial charge in [-0.2, -0.15) is 5.10 Å². The predicted molar refractivity (Wildman–Crippen MR) is 78.3 cm³/mol. The number of nitrogens with zero attached hydrogens (tertiary/aromatic N) is 3. The number of carbonyl (C=O) groups excluding carboxylic acids is 1. The first-order valence-corrected chi connectivity index (χ1v) is 7.14. The standard InChI is InChI=1S/C14H22N4O3/c1-4-5-14(13(20)21)6-7-18(8-14)12-10(11(15)19)9(2)16-17(12)3/h4-8H2,1-3H3,(H2,15,19)(H,20,21). The first-order chi connectivity index (χ1) is 9.82. The van der Waals surface area contributed by atoms with Crippen LogP contribution in [0.5, 0.6) is 0 Å². The molecule has 1 aliphatic rings. The summed E-state index contributed by atoms with van der Waals surface area (Å²) in [7, 11) is 1.75. The highest BCUT2D eigenvalue weighted by Gasteiger charge is 2.45. The van der Waals surface area contributed by atoms with Crippen LogP contribution in [-0.2, 0) is 11.8 Å². The Kier molecular flexibility index (Phi) is 3.93. The maximum atomic E-state index is 11.7. The molecule has 1 amide bonds. The minimum absolute atomic E-state index is 0.384. The van der Waals surface area contributed by atoms with Crippen LogP contribution in [0.15, 0.2) is 0 Å². The largest absolute Gasteiger partial charge is 0.481 e. The topological polar surface area (TPSA) is 101 Å². The number of amides is 1. The third kappa shape index (κ3) is 2.48. The molecule has 3 N–H and O–H groups in total. The second-order valence-corrected chi connectivity index (χ2v) is 5.78. The molecule has 1 saturated heterocycles. The fourth-order valence-corrected chi connectivity index (χ4v) is 3.31. The molecule has 0 spiro atoms. The van der Waals surface area contributed by atoms with E-state index in [1.807, 2.05) is 11.8 Å². The molecule has 7 nitrogen and oxygen atoms in total. The number of primary amides is 1. The molecule has 1 atom stereocenters. The fraction of sp³-hybridized carbons (Fsp3) is 0.643. The normalized spacial score (nSPS) is 21.8. The molecule has 1 aromatic rings. The first kappa shape index (κ1) is 15.3. The Hall–Kier alpha value is -2.05. The van der Waals surface area contributed by atoms with Crippen molar-refractivity contribution in [2.45, 2.75) is 33.1 Å². The van der Waals surface area contributed by atoms with Crippen molar-refractivity contribution in [3.8, 4) is 0 Å². The van der Waals surface area contributed by atoms with Crippen molar-refractivity contribution in [2.75, 3.05) is 18.0 Å². The Balaban J connectivity index is 2.38. The summed E-state index contributed by atoms with van der Waals surface area (Å²) in [5.41, 5.74) is 5.66. The lowest BCUT2D eigenvalue weighted by atomic mass is 9.83. The van der Waals surface area contributed by atoms with E-state index in [2.05, 4.69) is 5.10 Å². The maximum absolute atomic E-state index is 11.7. The van der Waals surface area contributed by atoms with Gasteiger partial charge >= 0.3 is 5.97 Å². The summed E-state index contributed by atoms with van der Waals surface area (Å²) < 4.78 is 1.61. The number of nitrogens with two attached hydrogens (primary N) is 1. The van der Waals surface area contributed by atoms with Gasteiger partial charge in [0.15, 0.2) is 0 Å². The SMILES string of the molecule is CCCC1(C(=O)O)CCN(c2c(C(N)=O)c(C)nn2C)C1. The predicted octanol–water partition coefficient (Wildman–Crippen LogP) is 0.909. The average molecular weight is 294 g/mol. The van der Waals surface area contributed by atoms with Gasteiger partial charge in [0.1, 0.15) is 11.4 Å². The van der Waals surface area contributed by atoms with Crippen LogP contribution >= 0.6 is 0 Å². The Morgan fingerprint density at radius 1 is 1.48 bits per heavy atom. The second-order valence-electron chi connectivity index (χ2n) is 5.78. The van der Waals surface area contributed by atoms with E-state index >= 15 is 0 Å². The van der Waals surface area contributed by atoms with Crippen LogP contribution in [0.4, 0.5) is 5.82 Å². The Morgan fingerprint density at radius 3 is 2.67 bits per heavy atom. The summed E-state index contributed by atoms with van der Waals surface area (Å²) in [6.45, 7) is 4.69. The summed E-state index contributed by atoms with van der Waals surface area (Å²) in [6, 6.07) is 0. The molecule has 2 rings (SSSR count). The highest BCUT2D eigenvalue weighted by atomic mass is 16.4. The van der Waals surface area contributed by atoms with Crippen LogP contribution < -0.4 is 10.6 Å². The molecule has 1 aromatic heterocycles. The maximum Gasteiger partial charge on any atom is 0.311 e. The lowest BCUT2D eigenvalue weighted by Gasteiger charge is -2.25. The minimum Gasteiger partial charge on any atom is -0.481 e. The summed E-state index contributed by atoms with van der Waals surface area (Å²) in [5, 5.41) is 13.8. The number of aromatic nitrogens is 2. The molecule has 0 radical (unpaired) electrons. The highest BCUT2D eigenvalue weighted by molar-refractivity contribution is 5.99. The zero-order chi connectivity index (χ0) is 15.8. The first-order valence-electron chi connectivity index (χ1n) is 7.14. The number of aryl methyl sites for hydroxylation is 2. The van der Waals surface area contributed by atoms with Gasteiger partial charge in [0, 0.05) is 20.1 Å². The summed E-state index contributed by atoms with van der Waals surface area (Å²) in [4.78, 5) is 25.2. The summed E-state index contributed by atoms with van der Waals surface area (Å²) in [6.07, 6.45) is 2.01. The van der Waals surface area contributed by atoms with Crippen molar-refractivity contribution in [3.05, 3.63) is 11.3 Å². The molecular formula is C14H22N4O3. The third-order valence-corrected chi connectivity index (χ3v) is 4.27. The molecular weight excluding hydrogens is 272 g/mol. The van der Waals surface area contributed by atoms with Gasteiger partial charge in [-0.25, -0.2) is 0 Å². The smallest absolute Gasteiger partial charge is 0.311 e. The number of carboxylic acids is 1. The molecule has 0 bridgehead atoms. The number of anilines is 1. The van der Waals surface area contributed by atoms with Crippen molar-refractivity contribution >= 4 is 17.7 Å². The number of hydrogen-bond acceptors (Lipinski definition) is 4. The van der Waals surface area contributed by atoms with E-state index in [0.717, 1.165) is 6.42 Å². The van der Waals surface area contributed by atoms with E-state index in [0.29, 0.717) is 43.0 Å². The quantitative estimate of drug-likeness (QED) is 0.840. The molecule has 1 unspecified atom stereocenters. The van der Waals surface area contributed by atoms with E-state index in [1.165, 1.54) is 0 Å². The molecule has 2 heterocycles. The lowest BCUT2D eigenvalue weighted by Crippen LogP contribution is -2.35. The van der Waals surface area contributed by atoms with Crippen LogP contribution in [0.3, 0.4) is 0 Å². The van der Waals surface area contributed by atoms with Gasteiger partial charge in [-0.05, 0) is 19.8 Å². The number of rotatable bonds is 5. The zero-order valence-electron chi connectivity index (χ0n) is 12.7. The van der Waals surface area contributed by atoms with Crippen molar-refractivity contribution in [2.24, 2.45) is 18.2 Å². The second kappa shape index (κ2) is 5.38. The van der Waals surface area contributed by atoms with Gasteiger partial charge in [-0.3, -0.25) is 14.3 Å². The molecule has 1 fully saturated rings. The molecule has 1 aliphatic heterocycles. The van der Waals surface area contributed by atoms with Crippen molar-refractivity contribution in [3.63, 3.8) is 0 Å². The van der Waals surface area contributed by atoms with Gasteiger partial charge in [0.05, 0.1) is 11.1 Å². The van der Waals surface area contributed by atoms with Crippen molar-refractivity contribution < 1.29 is 14.7 Å². The number of aliphatic carboxylic acids is 1. The van der Waals surface area contributed by atoms with Gasteiger partial charge in [0.2, 0.25) is 0 Å². The lowest BCUT2D eigenvalue weighted by molar-refractivity contribution is -0.148. The van der Waals surface area contributed by atoms with Crippen molar-refractivity contribution in [1.82, 2.24) is 9.78 Å². The zero-order valence-corrected chi connectivity index (χ0v) is 12.7. The molecule has 116 valence electrons. The van der Waals surface area contributed by atoms with E-state index in [4.69, 9.17) is 5.73 Å². The fourth-order valence-electron chi connectivity index (χ4n) is 3.31. The number of carboxylic acid groups (broad SMARTS) is 1. The van der Waals surface area contributed by atoms with E-state index in [-0.39, 0.29) is 0 Å². The van der Waals surface area contributed by atoms with Crippen LogP contribution in [0.25, 0.3) is 0 Å². The van der Waals surface area contributed by atoms with E-state index in [9.17, 15) is 14.7 Å². The van der Waals surface area contributed by atoms with Crippen molar-refractivity contribution in [1.29, 1.82) is 0 Å². The highest BCUT2D eigenvalue weighted by Crippen LogP contribution is 2.39. The van der Waals surface area contributed by atoms with E-state index in [1.54, 1.807) is 18.7 Å². The molecule has 21 heavy (non-hydrogen) atoms. The third-order valence-electron chi connectivity index (χ3n) is 4.27. The number of hydrogen-bond donors (Lipinski definition) is 2. The van der Waals surface area contributed by atoms with Crippen LogP contribution in [0.2, 0.25) is 0 Å². The molecule has 0 saturated carbocycles. The molecule has 0 aliphatic carbocycles. The van der Waals surface area contributed by atoms with Crippen LogP contribution in [-0.4, -0.2) is 39.9 Å². The van der Waals surface area contributed by atoms with Crippen LogP contribution in [0.1, 0.15) is 42.2 Å². The monoisotopic (exact) mass is 294 g/mol. The van der Waals surface area contributed by atoms with Gasteiger partial charge in [-0.15, -0.1) is 0 Å². The summed E-state index contributed by atoms with van der Waals surface area (Å²) in [5.74, 6) is -0.676. The summed E-state index contributed by atoms with van der Waals surface area (Å²) >= 11 is 0. The average Bonchev–Trinajstić information content (AvgIpc) is 2.91. The molecule has 0 aromatic carbocycles. The van der Waals surface area contributed by atoms with Gasteiger partial charge in [0.25, 0.3) is 5.91 Å². The minimum atomic E-state index is -0.772. The van der Waals surface area contributed by atoms with Gasteiger partial charge < -0.3 is 15.7 Å².